The first-order chi connectivity index (χ1) is 10.0. The molecule has 0 aliphatic carbocycles. The number of carboxylic acid groups (broad SMARTS) is 1. The van der Waals surface area contributed by atoms with E-state index < -0.39 is 5.97 Å². The summed E-state index contributed by atoms with van der Waals surface area (Å²) in [6.07, 6.45) is 3.02. The molecule has 1 atom stereocenters. The molecule has 1 aromatic carbocycles. The van der Waals surface area contributed by atoms with Crippen LogP contribution in [-0.2, 0) is 5.75 Å². The minimum Gasteiger partial charge on any atom is -0.478 e. The summed E-state index contributed by atoms with van der Waals surface area (Å²) in [6.45, 7) is 4.25. The van der Waals surface area contributed by atoms with Gasteiger partial charge in [-0.1, -0.05) is 18.5 Å². The highest BCUT2D eigenvalue weighted by molar-refractivity contribution is 7.98. The van der Waals surface area contributed by atoms with Crippen LogP contribution < -0.4 is 0 Å². The van der Waals surface area contributed by atoms with Gasteiger partial charge < -0.3 is 5.11 Å². The average Bonchev–Trinajstić information content (AvgIpc) is 2.94. The lowest BCUT2D eigenvalue weighted by Gasteiger charge is -2.08. The van der Waals surface area contributed by atoms with Gasteiger partial charge in [0.1, 0.15) is 0 Å². The molecule has 1 aromatic heterocycles. The Morgan fingerprint density at radius 3 is 2.90 bits per heavy atom. The number of aromatic carboxylic acids is 1. The molecule has 112 valence electrons. The molecule has 0 radical (unpaired) electrons. The van der Waals surface area contributed by atoms with E-state index >= 15 is 0 Å². The van der Waals surface area contributed by atoms with E-state index in [0.29, 0.717) is 11.8 Å². The number of rotatable bonds is 6. The van der Waals surface area contributed by atoms with Gasteiger partial charge in [0.2, 0.25) is 0 Å². The highest BCUT2D eigenvalue weighted by atomic mass is 35.5. The van der Waals surface area contributed by atoms with Gasteiger partial charge in [-0.15, -0.1) is 11.8 Å². The Bertz CT molecular complexity index is 642. The van der Waals surface area contributed by atoms with E-state index in [1.807, 2.05) is 23.0 Å². The zero-order chi connectivity index (χ0) is 15.4. The molecule has 0 fully saturated rings. The first-order valence-corrected chi connectivity index (χ1v) is 8.07. The fourth-order valence-corrected chi connectivity index (χ4v) is 2.83. The summed E-state index contributed by atoms with van der Waals surface area (Å²) < 4.78 is 1.96. The summed E-state index contributed by atoms with van der Waals surface area (Å²) in [5.41, 5.74) is 1.11. The SMILES string of the molecule is CCC(C)n1ccc(CSc2ccc(Cl)c(C(=O)O)c2)n1. The van der Waals surface area contributed by atoms with Crippen molar-refractivity contribution < 1.29 is 9.90 Å². The summed E-state index contributed by atoms with van der Waals surface area (Å²) in [5, 5.41) is 13.8. The van der Waals surface area contributed by atoms with Gasteiger partial charge in [0.25, 0.3) is 0 Å². The van der Waals surface area contributed by atoms with E-state index in [4.69, 9.17) is 16.7 Å². The van der Waals surface area contributed by atoms with Crippen LogP contribution in [0.25, 0.3) is 0 Å². The van der Waals surface area contributed by atoms with Crippen molar-refractivity contribution in [2.75, 3.05) is 0 Å². The Morgan fingerprint density at radius 2 is 2.24 bits per heavy atom. The van der Waals surface area contributed by atoms with Gasteiger partial charge in [-0.3, -0.25) is 4.68 Å². The van der Waals surface area contributed by atoms with Crippen molar-refractivity contribution >= 4 is 29.3 Å². The Morgan fingerprint density at radius 1 is 1.48 bits per heavy atom. The van der Waals surface area contributed by atoms with Gasteiger partial charge in [-0.05, 0) is 37.6 Å². The number of benzene rings is 1. The molecule has 0 saturated heterocycles. The molecule has 6 heteroatoms. The second kappa shape index (κ2) is 7.00. The molecule has 0 spiro atoms. The first-order valence-electron chi connectivity index (χ1n) is 6.71. The second-order valence-electron chi connectivity index (χ2n) is 4.78. The van der Waals surface area contributed by atoms with Gasteiger partial charge in [0, 0.05) is 22.9 Å². The van der Waals surface area contributed by atoms with Crippen LogP contribution in [0.2, 0.25) is 5.02 Å². The van der Waals surface area contributed by atoms with Gasteiger partial charge in [-0.25, -0.2) is 4.79 Å². The lowest BCUT2D eigenvalue weighted by molar-refractivity contribution is 0.0697. The topological polar surface area (TPSA) is 55.1 Å². The number of carbonyl (C=O) groups is 1. The third-order valence-electron chi connectivity index (χ3n) is 3.26. The molecule has 0 amide bonds. The van der Waals surface area contributed by atoms with Gasteiger partial charge >= 0.3 is 5.97 Å². The number of halogens is 1. The number of hydrogen-bond donors (Lipinski definition) is 1. The van der Waals surface area contributed by atoms with Crippen LogP contribution in [0.1, 0.15) is 42.4 Å². The van der Waals surface area contributed by atoms with E-state index in [-0.39, 0.29) is 10.6 Å². The van der Waals surface area contributed by atoms with Crippen LogP contribution in [0, 0.1) is 0 Å². The molecule has 0 aliphatic rings. The van der Waals surface area contributed by atoms with Crippen molar-refractivity contribution in [1.29, 1.82) is 0 Å². The Labute approximate surface area is 133 Å². The number of hydrogen-bond acceptors (Lipinski definition) is 3. The maximum atomic E-state index is 11.1. The largest absolute Gasteiger partial charge is 0.478 e. The summed E-state index contributed by atoms with van der Waals surface area (Å²) in [7, 11) is 0. The Hall–Kier alpha value is -1.46. The molecule has 1 heterocycles. The van der Waals surface area contributed by atoms with Crippen LogP contribution in [0.3, 0.4) is 0 Å². The summed E-state index contributed by atoms with van der Waals surface area (Å²) in [6, 6.07) is 7.42. The quantitative estimate of drug-likeness (QED) is 0.795. The number of nitrogens with zero attached hydrogens (tertiary/aromatic N) is 2. The zero-order valence-corrected chi connectivity index (χ0v) is 13.5. The zero-order valence-electron chi connectivity index (χ0n) is 11.9. The molecule has 4 nitrogen and oxygen atoms in total. The highest BCUT2D eigenvalue weighted by Gasteiger charge is 2.10. The molecule has 1 unspecified atom stereocenters. The molecular formula is C15H17ClN2O2S. The third-order valence-corrected chi connectivity index (χ3v) is 4.62. The molecule has 0 saturated carbocycles. The van der Waals surface area contributed by atoms with Crippen LogP contribution >= 0.6 is 23.4 Å². The van der Waals surface area contributed by atoms with E-state index in [1.54, 1.807) is 23.9 Å². The molecule has 21 heavy (non-hydrogen) atoms. The van der Waals surface area contributed by atoms with Crippen molar-refractivity contribution in [3.63, 3.8) is 0 Å². The predicted octanol–water partition coefficient (Wildman–Crippen LogP) is 4.50. The third kappa shape index (κ3) is 4.02. The second-order valence-corrected chi connectivity index (χ2v) is 6.24. The van der Waals surface area contributed by atoms with Crippen LogP contribution in [0.4, 0.5) is 0 Å². The Balaban J connectivity index is 2.04. The lowest BCUT2D eigenvalue weighted by Crippen LogP contribution is -2.04. The van der Waals surface area contributed by atoms with Crippen molar-refractivity contribution in [1.82, 2.24) is 9.78 Å². The van der Waals surface area contributed by atoms with Crippen LogP contribution in [0.5, 0.6) is 0 Å². The van der Waals surface area contributed by atoms with Crippen molar-refractivity contribution in [2.24, 2.45) is 0 Å². The number of aromatic nitrogens is 2. The normalized spacial score (nSPS) is 12.3. The maximum Gasteiger partial charge on any atom is 0.337 e. The van der Waals surface area contributed by atoms with Crippen molar-refractivity contribution in [2.45, 2.75) is 37.0 Å². The fourth-order valence-electron chi connectivity index (χ4n) is 1.80. The highest BCUT2D eigenvalue weighted by Crippen LogP contribution is 2.27. The van der Waals surface area contributed by atoms with Gasteiger partial charge in [0.15, 0.2) is 0 Å². The summed E-state index contributed by atoms with van der Waals surface area (Å²) in [4.78, 5) is 11.9. The number of thioether (sulfide) groups is 1. The molecule has 1 N–H and O–H groups in total. The number of carboxylic acids is 1. The van der Waals surface area contributed by atoms with Gasteiger partial charge in [-0.2, -0.15) is 5.10 Å². The molecule has 2 rings (SSSR count). The minimum atomic E-state index is -1.01. The standard InChI is InChI=1S/C15H17ClN2O2S/c1-3-10(2)18-7-6-11(17-18)9-21-12-4-5-14(16)13(8-12)15(19)20/h4-8,10H,3,9H2,1-2H3,(H,19,20). The molecule has 2 aromatic rings. The predicted molar refractivity (Wildman–Crippen MR) is 85.2 cm³/mol. The van der Waals surface area contributed by atoms with E-state index in [9.17, 15) is 4.79 Å². The van der Waals surface area contributed by atoms with Crippen molar-refractivity contribution in [3.8, 4) is 0 Å². The molecule has 0 bridgehead atoms. The first kappa shape index (κ1) is 15.9. The van der Waals surface area contributed by atoms with Crippen molar-refractivity contribution in [3.05, 3.63) is 46.7 Å². The maximum absolute atomic E-state index is 11.1. The monoisotopic (exact) mass is 324 g/mol. The van der Waals surface area contributed by atoms with E-state index in [2.05, 4.69) is 18.9 Å². The summed E-state index contributed by atoms with van der Waals surface area (Å²) >= 11 is 7.41. The smallest absolute Gasteiger partial charge is 0.337 e. The molecule has 0 aliphatic heterocycles. The van der Waals surface area contributed by atoms with E-state index in [1.165, 1.54) is 0 Å². The van der Waals surface area contributed by atoms with E-state index in [0.717, 1.165) is 17.0 Å². The molecular weight excluding hydrogens is 308 g/mol. The minimum absolute atomic E-state index is 0.131. The Kier molecular flexibility index (Phi) is 5.31. The fraction of sp³-hybridized carbons (Fsp3) is 0.333. The average molecular weight is 325 g/mol. The van der Waals surface area contributed by atoms with Crippen LogP contribution in [0.15, 0.2) is 35.4 Å². The van der Waals surface area contributed by atoms with Gasteiger partial charge in [0.05, 0.1) is 16.3 Å². The summed E-state index contributed by atoms with van der Waals surface area (Å²) in [5.74, 6) is -0.312. The lowest BCUT2D eigenvalue weighted by atomic mass is 10.2. The van der Waals surface area contributed by atoms with Crippen LogP contribution in [-0.4, -0.2) is 20.9 Å².